The van der Waals surface area contributed by atoms with Crippen LogP contribution in [0.4, 0.5) is 0 Å². The second-order valence-corrected chi connectivity index (χ2v) is 8.61. The third-order valence-electron chi connectivity index (χ3n) is 6.49. The van der Waals surface area contributed by atoms with Gasteiger partial charge in [0.25, 0.3) is 0 Å². The Labute approximate surface area is 179 Å². The molecule has 30 heavy (non-hydrogen) atoms. The zero-order valence-corrected chi connectivity index (χ0v) is 18.0. The zero-order valence-electron chi connectivity index (χ0n) is 18.0. The van der Waals surface area contributed by atoms with Gasteiger partial charge in [-0.3, -0.25) is 0 Å². The van der Waals surface area contributed by atoms with Crippen LogP contribution >= 0.6 is 0 Å². The van der Waals surface area contributed by atoms with Crippen molar-refractivity contribution in [3.05, 3.63) is 59.7 Å². The lowest BCUT2D eigenvalue weighted by molar-refractivity contribution is -0.140. The van der Waals surface area contributed by atoms with Gasteiger partial charge >= 0.3 is 5.97 Å². The number of ether oxygens (including phenoxy) is 1. The van der Waals surface area contributed by atoms with Gasteiger partial charge in [-0.2, -0.15) is 0 Å². The lowest BCUT2D eigenvalue weighted by atomic mass is 9.77. The van der Waals surface area contributed by atoms with E-state index in [1.54, 1.807) is 0 Å². The first-order chi connectivity index (χ1) is 14.5. The molecule has 3 rings (SSSR count). The summed E-state index contributed by atoms with van der Waals surface area (Å²) < 4.78 is 5.18. The molecule has 1 saturated carbocycles. The number of carbonyl (C=O) groups excluding carboxylic acids is 1. The Balaban J connectivity index is 1.68. The van der Waals surface area contributed by atoms with Crippen molar-refractivity contribution in [2.45, 2.75) is 57.3 Å². The standard InChI is InChI=1S/C26H34O4/c1-3-4-19-5-7-20(8-6-19)21-9-10-23-14-24(12-11-22(23)13-21)25(16-28)17-30-26(29)18(2)15-27/h9-14,19-20,25,27-28H,2-8,15-17H2,1H3. The Bertz CT molecular complexity index is 864. The highest BCUT2D eigenvalue weighted by molar-refractivity contribution is 5.88. The van der Waals surface area contributed by atoms with Gasteiger partial charge in [0.1, 0.15) is 6.61 Å². The molecule has 2 N–H and O–H groups in total. The van der Waals surface area contributed by atoms with Gasteiger partial charge in [0.2, 0.25) is 0 Å². The molecule has 0 heterocycles. The first-order valence-electron chi connectivity index (χ1n) is 11.2. The summed E-state index contributed by atoms with van der Waals surface area (Å²) in [6.07, 6.45) is 7.90. The van der Waals surface area contributed by atoms with Crippen LogP contribution < -0.4 is 0 Å². The summed E-state index contributed by atoms with van der Waals surface area (Å²) in [4.78, 5) is 11.7. The molecular weight excluding hydrogens is 376 g/mol. The van der Waals surface area contributed by atoms with Crippen LogP contribution in [-0.4, -0.2) is 36.0 Å². The molecule has 1 atom stereocenters. The minimum Gasteiger partial charge on any atom is -0.462 e. The summed E-state index contributed by atoms with van der Waals surface area (Å²) in [5.74, 6) is 0.633. The van der Waals surface area contributed by atoms with E-state index in [9.17, 15) is 9.90 Å². The van der Waals surface area contributed by atoms with Crippen LogP contribution in [0.2, 0.25) is 0 Å². The molecule has 1 aliphatic carbocycles. The molecule has 4 heteroatoms. The predicted octanol–water partition coefficient (Wildman–Crippen LogP) is 5.08. The normalized spacial score (nSPS) is 20.1. The monoisotopic (exact) mass is 410 g/mol. The van der Waals surface area contributed by atoms with E-state index in [1.165, 1.54) is 49.5 Å². The Hall–Kier alpha value is -2.17. The molecule has 0 aliphatic heterocycles. The topological polar surface area (TPSA) is 66.8 Å². The first-order valence-corrected chi connectivity index (χ1v) is 11.2. The highest BCUT2D eigenvalue weighted by atomic mass is 16.5. The largest absolute Gasteiger partial charge is 0.462 e. The van der Waals surface area contributed by atoms with E-state index < -0.39 is 12.6 Å². The van der Waals surface area contributed by atoms with Gasteiger partial charge in [-0.1, -0.05) is 62.7 Å². The fourth-order valence-corrected chi connectivity index (χ4v) is 4.58. The second-order valence-electron chi connectivity index (χ2n) is 8.61. The minimum atomic E-state index is -0.630. The highest BCUT2D eigenvalue weighted by Crippen LogP contribution is 2.38. The summed E-state index contributed by atoms with van der Waals surface area (Å²) in [6.45, 7) is 5.25. The van der Waals surface area contributed by atoms with Crippen molar-refractivity contribution >= 4 is 16.7 Å². The summed E-state index contributed by atoms with van der Waals surface area (Å²) in [5, 5.41) is 21.1. The SMILES string of the molecule is C=C(CO)C(=O)OCC(CO)c1ccc2cc(C3CCC(CCC)CC3)ccc2c1. The first kappa shape index (κ1) is 22.5. The maximum atomic E-state index is 11.7. The van der Waals surface area contributed by atoms with E-state index in [0.717, 1.165) is 16.9 Å². The molecule has 0 amide bonds. The Morgan fingerprint density at radius 3 is 2.47 bits per heavy atom. The van der Waals surface area contributed by atoms with Gasteiger partial charge in [0, 0.05) is 5.92 Å². The molecule has 1 aliphatic rings. The fourth-order valence-electron chi connectivity index (χ4n) is 4.58. The third-order valence-corrected chi connectivity index (χ3v) is 6.49. The van der Waals surface area contributed by atoms with Gasteiger partial charge < -0.3 is 14.9 Å². The number of hydrogen-bond donors (Lipinski definition) is 2. The van der Waals surface area contributed by atoms with Gasteiger partial charge in [-0.15, -0.1) is 0 Å². The van der Waals surface area contributed by atoms with Gasteiger partial charge in [-0.25, -0.2) is 4.79 Å². The summed E-state index contributed by atoms with van der Waals surface area (Å²) in [7, 11) is 0. The number of hydrogen-bond acceptors (Lipinski definition) is 4. The van der Waals surface area contributed by atoms with Gasteiger partial charge in [0.05, 0.1) is 18.8 Å². The summed E-state index contributed by atoms with van der Waals surface area (Å²) >= 11 is 0. The van der Waals surface area contributed by atoms with Crippen molar-refractivity contribution in [1.29, 1.82) is 0 Å². The second kappa shape index (κ2) is 10.7. The van der Waals surface area contributed by atoms with Crippen LogP contribution in [0.15, 0.2) is 48.6 Å². The van der Waals surface area contributed by atoms with E-state index in [0.29, 0.717) is 5.92 Å². The average Bonchev–Trinajstić information content (AvgIpc) is 2.79. The van der Waals surface area contributed by atoms with E-state index in [2.05, 4.69) is 43.8 Å². The van der Waals surface area contributed by atoms with Crippen LogP contribution in [0, 0.1) is 5.92 Å². The number of aliphatic hydroxyl groups is 2. The third kappa shape index (κ3) is 5.50. The van der Waals surface area contributed by atoms with Crippen LogP contribution in [0.5, 0.6) is 0 Å². The van der Waals surface area contributed by atoms with Crippen LogP contribution in [-0.2, 0) is 9.53 Å². The highest BCUT2D eigenvalue weighted by Gasteiger charge is 2.22. The molecule has 0 spiro atoms. The maximum Gasteiger partial charge on any atom is 0.335 e. The maximum absolute atomic E-state index is 11.7. The molecular formula is C26H34O4. The van der Waals surface area contributed by atoms with E-state index in [4.69, 9.17) is 9.84 Å². The van der Waals surface area contributed by atoms with Crippen LogP contribution in [0.25, 0.3) is 10.8 Å². The fraction of sp³-hybridized carbons (Fsp3) is 0.500. The molecule has 0 saturated heterocycles. The van der Waals surface area contributed by atoms with Crippen molar-refractivity contribution in [2.24, 2.45) is 5.92 Å². The number of esters is 1. The van der Waals surface area contributed by atoms with Gasteiger partial charge in [0.15, 0.2) is 0 Å². The lowest BCUT2D eigenvalue weighted by Gasteiger charge is -2.28. The molecule has 1 fully saturated rings. The van der Waals surface area contributed by atoms with E-state index in [1.807, 2.05) is 6.07 Å². The number of fused-ring (bicyclic) bond motifs is 1. The summed E-state index contributed by atoms with van der Waals surface area (Å²) in [5.41, 5.74) is 2.38. The van der Waals surface area contributed by atoms with Crippen molar-refractivity contribution in [3.63, 3.8) is 0 Å². The van der Waals surface area contributed by atoms with Crippen molar-refractivity contribution in [1.82, 2.24) is 0 Å². The smallest absolute Gasteiger partial charge is 0.335 e. The molecule has 4 nitrogen and oxygen atoms in total. The Morgan fingerprint density at radius 1 is 1.10 bits per heavy atom. The van der Waals surface area contributed by atoms with Crippen molar-refractivity contribution in [3.8, 4) is 0 Å². The Kier molecular flexibility index (Phi) is 8.06. The molecule has 0 aromatic heterocycles. The molecule has 1 unspecified atom stereocenters. The quantitative estimate of drug-likeness (QED) is 0.447. The van der Waals surface area contributed by atoms with E-state index >= 15 is 0 Å². The van der Waals surface area contributed by atoms with Crippen molar-refractivity contribution in [2.75, 3.05) is 19.8 Å². The number of aliphatic hydroxyl groups excluding tert-OH is 2. The molecule has 0 bridgehead atoms. The average molecular weight is 411 g/mol. The van der Waals surface area contributed by atoms with Crippen molar-refractivity contribution < 1.29 is 19.7 Å². The molecule has 2 aromatic carbocycles. The lowest BCUT2D eigenvalue weighted by Crippen LogP contribution is -2.17. The zero-order chi connectivity index (χ0) is 21.5. The minimum absolute atomic E-state index is 0.0152. The molecule has 0 radical (unpaired) electrons. The van der Waals surface area contributed by atoms with Gasteiger partial charge in [-0.05, 0) is 59.4 Å². The molecule has 2 aromatic rings. The number of rotatable bonds is 9. The predicted molar refractivity (Wildman–Crippen MR) is 121 cm³/mol. The summed E-state index contributed by atoms with van der Waals surface area (Å²) in [6, 6.07) is 12.9. The van der Waals surface area contributed by atoms with Crippen LogP contribution in [0.1, 0.15) is 68.4 Å². The number of benzene rings is 2. The van der Waals surface area contributed by atoms with Crippen LogP contribution in [0.3, 0.4) is 0 Å². The van der Waals surface area contributed by atoms with E-state index in [-0.39, 0.29) is 24.7 Å². The number of carbonyl (C=O) groups is 1. The Morgan fingerprint density at radius 2 is 1.80 bits per heavy atom. The molecule has 162 valence electrons.